The molecule has 2 aliphatic rings. The molecular weight excluding hydrogens is 620 g/mol. The molecule has 0 spiro atoms. The Morgan fingerprint density at radius 1 is 1.07 bits per heavy atom. The number of carboxylic acid groups (broad SMARTS) is 1. The molecule has 238 valence electrons. The van der Waals surface area contributed by atoms with Crippen molar-refractivity contribution in [3.05, 3.63) is 48.3 Å². The minimum absolute atomic E-state index is 0.0645. The Morgan fingerprint density at radius 2 is 1.67 bits per heavy atom. The lowest BCUT2D eigenvalue weighted by molar-refractivity contribution is -0.175. The van der Waals surface area contributed by atoms with Crippen LogP contribution < -0.4 is 18.7 Å². The van der Waals surface area contributed by atoms with Gasteiger partial charge in [-0.3, -0.25) is 9.21 Å². The van der Waals surface area contributed by atoms with Crippen LogP contribution in [0.5, 0.6) is 5.75 Å². The van der Waals surface area contributed by atoms with Gasteiger partial charge in [-0.1, -0.05) is 12.8 Å². The van der Waals surface area contributed by atoms with Gasteiger partial charge in [-0.15, -0.1) is 0 Å². The maximum absolute atomic E-state index is 13.9. The number of sulfonamides is 1. The van der Waals surface area contributed by atoms with Gasteiger partial charge in [0, 0.05) is 13.1 Å². The molecule has 1 amide bonds. The van der Waals surface area contributed by atoms with E-state index >= 15 is 0 Å². The largest absolute Gasteiger partial charge is 0.485 e. The number of nitrogens with one attached hydrogen (secondary N) is 1. The van der Waals surface area contributed by atoms with Crippen molar-refractivity contribution in [3.8, 4) is 5.75 Å². The second kappa shape index (κ2) is 11.7. The first-order chi connectivity index (χ1) is 19.9. The van der Waals surface area contributed by atoms with Gasteiger partial charge < -0.3 is 9.84 Å². The number of fused-ring (bicyclic) bond motifs is 1. The van der Waals surface area contributed by atoms with Crippen LogP contribution in [0.1, 0.15) is 39.5 Å². The quantitative estimate of drug-likeness (QED) is 0.385. The molecule has 2 N–H and O–H groups in total. The molecule has 2 aromatic rings. The fourth-order valence-electron chi connectivity index (χ4n) is 5.07. The maximum atomic E-state index is 13.9. The summed E-state index contributed by atoms with van der Waals surface area (Å²) in [6.07, 6.45) is -4.83. The van der Waals surface area contributed by atoms with Crippen LogP contribution in [0, 0.1) is 5.82 Å². The van der Waals surface area contributed by atoms with Crippen molar-refractivity contribution in [1.82, 2.24) is 9.03 Å². The predicted octanol–water partition coefficient (Wildman–Crippen LogP) is 4.32. The molecule has 2 aromatic carbocycles. The third kappa shape index (κ3) is 6.53. The number of alkyl halides is 3. The Labute approximate surface area is 247 Å². The summed E-state index contributed by atoms with van der Waals surface area (Å²) >= 11 is 0. The Balaban J connectivity index is 1.73. The van der Waals surface area contributed by atoms with Gasteiger partial charge in [0.05, 0.1) is 29.4 Å². The summed E-state index contributed by atoms with van der Waals surface area (Å²) < 4.78 is 119. The number of anilines is 2. The number of benzene rings is 2. The molecule has 1 fully saturated rings. The van der Waals surface area contributed by atoms with E-state index in [-0.39, 0.29) is 33.8 Å². The molecule has 0 saturated heterocycles. The minimum Gasteiger partial charge on any atom is -0.485 e. The Bertz CT molecular complexity index is 1560. The second-order valence-electron chi connectivity index (χ2n) is 10.9. The SMILES string of the molecule is CN(C1CCCC1)S(=O)(=O)NC[C@H]1CN(S(=O)(=O)c2ccc(F)cc2)c2cc(N(C(=O)O)C(C)(C)C(F)(F)F)ccc2O1. The van der Waals surface area contributed by atoms with E-state index in [0.29, 0.717) is 26.7 Å². The highest BCUT2D eigenvalue weighted by molar-refractivity contribution is 7.92. The lowest BCUT2D eigenvalue weighted by Crippen LogP contribution is -2.57. The first kappa shape index (κ1) is 32.8. The van der Waals surface area contributed by atoms with E-state index in [0.717, 1.165) is 59.6 Å². The number of carbonyl (C=O) groups is 1. The molecule has 11 nitrogen and oxygen atoms in total. The lowest BCUT2D eigenvalue weighted by atomic mass is 10.0. The molecule has 1 atom stereocenters. The number of rotatable bonds is 9. The molecule has 1 heterocycles. The Morgan fingerprint density at radius 3 is 2.23 bits per heavy atom. The molecule has 1 aliphatic heterocycles. The second-order valence-corrected chi connectivity index (χ2v) is 14.5. The van der Waals surface area contributed by atoms with Crippen molar-refractivity contribution in [2.75, 3.05) is 29.3 Å². The first-order valence-electron chi connectivity index (χ1n) is 13.3. The third-order valence-corrected chi connectivity index (χ3v) is 11.1. The summed E-state index contributed by atoms with van der Waals surface area (Å²) in [6, 6.07) is 6.71. The number of hydrogen-bond acceptors (Lipinski definition) is 6. The Hall–Kier alpha value is -3.15. The van der Waals surface area contributed by atoms with Crippen LogP contribution >= 0.6 is 0 Å². The zero-order chi connectivity index (χ0) is 32.0. The zero-order valence-corrected chi connectivity index (χ0v) is 25.1. The van der Waals surface area contributed by atoms with E-state index in [9.17, 15) is 44.3 Å². The van der Waals surface area contributed by atoms with E-state index in [1.807, 2.05) is 0 Å². The van der Waals surface area contributed by atoms with Crippen molar-refractivity contribution in [1.29, 1.82) is 0 Å². The molecule has 17 heteroatoms. The van der Waals surface area contributed by atoms with Gasteiger partial charge in [0.25, 0.3) is 20.2 Å². The van der Waals surface area contributed by atoms with E-state index < -0.39 is 62.2 Å². The lowest BCUT2D eigenvalue weighted by Gasteiger charge is -2.39. The molecule has 1 saturated carbocycles. The van der Waals surface area contributed by atoms with Gasteiger partial charge >= 0.3 is 12.3 Å². The van der Waals surface area contributed by atoms with Gasteiger partial charge in [0.1, 0.15) is 23.2 Å². The monoisotopic (exact) mass is 652 g/mol. The smallest absolute Gasteiger partial charge is 0.412 e. The number of amides is 1. The average Bonchev–Trinajstić information content (AvgIpc) is 3.45. The van der Waals surface area contributed by atoms with E-state index in [1.165, 1.54) is 11.4 Å². The number of hydrogen-bond donors (Lipinski definition) is 2. The first-order valence-corrected chi connectivity index (χ1v) is 16.2. The fourth-order valence-corrected chi connectivity index (χ4v) is 7.77. The van der Waals surface area contributed by atoms with Crippen molar-refractivity contribution in [2.45, 2.75) is 68.3 Å². The minimum atomic E-state index is -4.99. The van der Waals surface area contributed by atoms with Crippen LogP contribution in [0.4, 0.5) is 33.7 Å². The summed E-state index contributed by atoms with van der Waals surface area (Å²) in [4.78, 5) is 11.7. The summed E-state index contributed by atoms with van der Waals surface area (Å²) in [5.41, 5.74) is -3.68. The van der Waals surface area contributed by atoms with Crippen LogP contribution in [-0.2, 0) is 20.2 Å². The van der Waals surface area contributed by atoms with Gasteiger partial charge in [0.2, 0.25) is 0 Å². The van der Waals surface area contributed by atoms with Crippen LogP contribution in [0.3, 0.4) is 0 Å². The van der Waals surface area contributed by atoms with Crippen LogP contribution in [0.25, 0.3) is 0 Å². The molecule has 0 unspecified atom stereocenters. The predicted molar refractivity (Wildman–Crippen MR) is 149 cm³/mol. The molecule has 0 radical (unpaired) electrons. The van der Waals surface area contributed by atoms with Crippen molar-refractivity contribution in [2.24, 2.45) is 0 Å². The average molecular weight is 653 g/mol. The van der Waals surface area contributed by atoms with E-state index in [2.05, 4.69) is 4.72 Å². The van der Waals surface area contributed by atoms with Crippen molar-refractivity contribution in [3.63, 3.8) is 0 Å². The third-order valence-electron chi connectivity index (χ3n) is 7.69. The highest BCUT2D eigenvalue weighted by Gasteiger charge is 2.54. The molecule has 43 heavy (non-hydrogen) atoms. The molecule has 0 bridgehead atoms. The topological polar surface area (TPSA) is 137 Å². The summed E-state index contributed by atoms with van der Waals surface area (Å²) in [7, 11) is -7.05. The molecular formula is C26H32F4N4O7S2. The highest BCUT2D eigenvalue weighted by atomic mass is 32.2. The van der Waals surface area contributed by atoms with Gasteiger partial charge in [-0.05, 0) is 69.2 Å². The normalized spacial score (nSPS) is 18.4. The van der Waals surface area contributed by atoms with Crippen molar-refractivity contribution < 1.29 is 49.0 Å². The van der Waals surface area contributed by atoms with E-state index in [4.69, 9.17) is 4.74 Å². The number of ether oxygens (including phenoxy) is 1. The van der Waals surface area contributed by atoms with E-state index in [1.54, 1.807) is 0 Å². The van der Waals surface area contributed by atoms with Gasteiger partial charge in [-0.25, -0.2) is 17.6 Å². The van der Waals surface area contributed by atoms with Crippen LogP contribution in [0.2, 0.25) is 0 Å². The number of nitrogens with zero attached hydrogens (tertiary/aromatic N) is 3. The fraction of sp³-hybridized carbons (Fsp3) is 0.500. The molecule has 1 aliphatic carbocycles. The van der Waals surface area contributed by atoms with Crippen LogP contribution in [-0.4, -0.2) is 76.3 Å². The summed E-state index contributed by atoms with van der Waals surface area (Å²) in [6.45, 7) is 0.462. The standard InChI is InChI=1S/C26H32F4N4O7S2/c1-25(2,26(28,29)30)34(24(35)36)19-10-13-23-22(14-19)33(42(37,38)21-11-8-17(27)9-12-21)16-20(41-23)15-31-43(39,40)32(3)18-6-4-5-7-18/h8-14,18,20,31H,4-7,15-16H2,1-3H3,(H,35,36)/t20-/m0/s1. The Kier molecular flexibility index (Phi) is 8.94. The summed E-state index contributed by atoms with van der Waals surface area (Å²) in [5.74, 6) is -0.863. The highest BCUT2D eigenvalue weighted by Crippen LogP contribution is 2.43. The maximum Gasteiger partial charge on any atom is 0.412 e. The zero-order valence-electron chi connectivity index (χ0n) is 23.5. The molecule has 0 aromatic heterocycles. The van der Waals surface area contributed by atoms with Gasteiger partial charge in [-0.2, -0.15) is 30.6 Å². The summed E-state index contributed by atoms with van der Waals surface area (Å²) in [5, 5.41) is 9.73. The van der Waals surface area contributed by atoms with Gasteiger partial charge in [0.15, 0.2) is 0 Å². The van der Waals surface area contributed by atoms with Crippen LogP contribution in [0.15, 0.2) is 47.4 Å². The molecule has 4 rings (SSSR count). The van der Waals surface area contributed by atoms with Crippen molar-refractivity contribution >= 4 is 37.7 Å². The number of halogens is 4.